The Morgan fingerprint density at radius 2 is 1.94 bits per heavy atom. The van der Waals surface area contributed by atoms with E-state index >= 15 is 0 Å². The molecule has 0 fully saturated rings. The van der Waals surface area contributed by atoms with Crippen molar-refractivity contribution in [3.05, 3.63) is 23.3 Å². The molecule has 0 spiro atoms. The Labute approximate surface area is 108 Å². The van der Waals surface area contributed by atoms with Gasteiger partial charge in [-0.3, -0.25) is 0 Å². The van der Waals surface area contributed by atoms with Gasteiger partial charge in [-0.25, -0.2) is 0 Å². The molecule has 1 rings (SSSR count). The van der Waals surface area contributed by atoms with E-state index in [1.165, 1.54) is 0 Å². The third kappa shape index (κ3) is 3.35. The summed E-state index contributed by atoms with van der Waals surface area (Å²) < 4.78 is 15.7. The molecule has 18 heavy (non-hydrogen) atoms. The topological polar surface area (TPSA) is 60.0 Å². The zero-order valence-corrected chi connectivity index (χ0v) is 11.3. The predicted octanol–water partition coefficient (Wildman–Crippen LogP) is 1.10. The Morgan fingerprint density at radius 1 is 1.22 bits per heavy atom. The van der Waals surface area contributed by atoms with Gasteiger partial charge in [0.05, 0.1) is 26.9 Å². The number of ether oxygens (including phenoxy) is 3. The molecule has 1 aromatic carbocycles. The fraction of sp³-hybridized carbons (Fsp3) is 0.538. The Bertz CT molecular complexity index is 381. The number of benzene rings is 1. The summed E-state index contributed by atoms with van der Waals surface area (Å²) in [5, 5.41) is 13.1. The van der Waals surface area contributed by atoms with Crippen LogP contribution < -0.4 is 14.8 Å². The fourth-order valence-corrected chi connectivity index (χ4v) is 1.89. The number of aliphatic hydroxyl groups is 1. The maximum absolute atomic E-state index is 10.2. The number of hydrogen-bond donors (Lipinski definition) is 2. The van der Waals surface area contributed by atoms with Gasteiger partial charge in [-0.1, -0.05) is 0 Å². The molecule has 1 unspecified atom stereocenters. The lowest BCUT2D eigenvalue weighted by atomic mass is 10.0. The van der Waals surface area contributed by atoms with Gasteiger partial charge in [-0.15, -0.1) is 0 Å². The first-order valence-corrected chi connectivity index (χ1v) is 5.74. The van der Waals surface area contributed by atoms with E-state index in [1.54, 1.807) is 34.4 Å². The molecule has 5 heteroatoms. The molecule has 0 saturated heterocycles. The van der Waals surface area contributed by atoms with E-state index in [9.17, 15) is 5.11 Å². The van der Waals surface area contributed by atoms with Crippen LogP contribution in [0.3, 0.4) is 0 Å². The molecule has 0 aliphatic rings. The van der Waals surface area contributed by atoms with Crippen molar-refractivity contribution in [2.24, 2.45) is 0 Å². The quantitative estimate of drug-likeness (QED) is 0.764. The van der Waals surface area contributed by atoms with Gasteiger partial charge in [0.15, 0.2) is 0 Å². The number of likely N-dealkylation sites (N-methyl/N-ethyl adjacent to an activating group) is 1. The zero-order chi connectivity index (χ0) is 13.5. The van der Waals surface area contributed by atoms with Crippen molar-refractivity contribution in [1.29, 1.82) is 0 Å². The number of rotatable bonds is 7. The Hall–Kier alpha value is -1.30. The third-order valence-electron chi connectivity index (χ3n) is 2.69. The molecule has 2 N–H and O–H groups in total. The van der Waals surface area contributed by atoms with Crippen molar-refractivity contribution < 1.29 is 19.3 Å². The lowest BCUT2D eigenvalue weighted by Crippen LogP contribution is -2.19. The van der Waals surface area contributed by atoms with Crippen molar-refractivity contribution in [2.75, 3.05) is 34.9 Å². The second-order valence-electron chi connectivity index (χ2n) is 3.91. The molecular weight excluding hydrogens is 234 g/mol. The SMILES string of the molecule is CNCC(O)c1c(COC)cc(OC)cc1OC. The maximum atomic E-state index is 10.2. The van der Waals surface area contributed by atoms with Crippen LogP contribution >= 0.6 is 0 Å². The van der Waals surface area contributed by atoms with E-state index in [-0.39, 0.29) is 0 Å². The molecule has 5 nitrogen and oxygen atoms in total. The van der Waals surface area contributed by atoms with Crippen molar-refractivity contribution in [1.82, 2.24) is 5.32 Å². The predicted molar refractivity (Wildman–Crippen MR) is 69.1 cm³/mol. The minimum Gasteiger partial charge on any atom is -0.497 e. The van der Waals surface area contributed by atoms with Crippen molar-refractivity contribution in [2.45, 2.75) is 12.7 Å². The summed E-state index contributed by atoms with van der Waals surface area (Å²) in [6.45, 7) is 0.836. The summed E-state index contributed by atoms with van der Waals surface area (Å²) in [6.07, 6.45) is -0.652. The van der Waals surface area contributed by atoms with Crippen LogP contribution in [0.1, 0.15) is 17.2 Å². The molecule has 1 atom stereocenters. The maximum Gasteiger partial charge on any atom is 0.128 e. The molecule has 0 saturated carbocycles. The van der Waals surface area contributed by atoms with Crippen LogP contribution in [0, 0.1) is 0 Å². The fourth-order valence-electron chi connectivity index (χ4n) is 1.89. The van der Waals surface area contributed by atoms with E-state index in [1.807, 2.05) is 6.07 Å². The molecule has 0 aliphatic heterocycles. The molecule has 0 heterocycles. The van der Waals surface area contributed by atoms with Crippen molar-refractivity contribution in [3.63, 3.8) is 0 Å². The molecule has 0 bridgehead atoms. The summed E-state index contributed by atoms with van der Waals surface area (Å²) in [7, 11) is 6.56. The van der Waals surface area contributed by atoms with E-state index in [0.29, 0.717) is 24.7 Å². The van der Waals surface area contributed by atoms with Gasteiger partial charge in [0.2, 0.25) is 0 Å². The summed E-state index contributed by atoms with van der Waals surface area (Å²) >= 11 is 0. The second kappa shape index (κ2) is 7.20. The number of nitrogens with one attached hydrogen (secondary N) is 1. The minimum absolute atomic E-state index is 0.393. The minimum atomic E-state index is -0.652. The summed E-state index contributed by atoms with van der Waals surface area (Å²) in [5.74, 6) is 1.28. The van der Waals surface area contributed by atoms with Gasteiger partial charge < -0.3 is 24.6 Å². The van der Waals surface area contributed by atoms with Crippen LogP contribution in [0.25, 0.3) is 0 Å². The van der Waals surface area contributed by atoms with Gasteiger partial charge in [0.25, 0.3) is 0 Å². The molecule has 0 radical (unpaired) electrons. The number of methoxy groups -OCH3 is 3. The number of aliphatic hydroxyl groups excluding tert-OH is 1. The van der Waals surface area contributed by atoms with Gasteiger partial charge in [-0.2, -0.15) is 0 Å². The molecule has 0 amide bonds. The highest BCUT2D eigenvalue weighted by Gasteiger charge is 2.19. The van der Waals surface area contributed by atoms with E-state index < -0.39 is 6.10 Å². The molecular formula is C13H21NO4. The summed E-state index contributed by atoms with van der Waals surface area (Å²) in [5.41, 5.74) is 1.59. The van der Waals surface area contributed by atoms with Crippen LogP contribution in [-0.4, -0.2) is 40.0 Å². The van der Waals surface area contributed by atoms with Gasteiger partial charge in [-0.05, 0) is 18.7 Å². The van der Waals surface area contributed by atoms with E-state index in [0.717, 1.165) is 11.1 Å². The Morgan fingerprint density at radius 3 is 2.44 bits per heavy atom. The first-order valence-electron chi connectivity index (χ1n) is 5.74. The van der Waals surface area contributed by atoms with Crippen molar-refractivity contribution in [3.8, 4) is 11.5 Å². The zero-order valence-electron chi connectivity index (χ0n) is 11.3. The first-order chi connectivity index (χ1) is 8.67. The first kappa shape index (κ1) is 14.8. The monoisotopic (exact) mass is 255 g/mol. The van der Waals surface area contributed by atoms with Crippen LogP contribution in [0.2, 0.25) is 0 Å². The molecule has 1 aromatic rings. The highest BCUT2D eigenvalue weighted by atomic mass is 16.5. The Balaban J connectivity index is 3.24. The van der Waals surface area contributed by atoms with E-state index in [4.69, 9.17) is 14.2 Å². The highest BCUT2D eigenvalue weighted by molar-refractivity contribution is 5.48. The van der Waals surface area contributed by atoms with Gasteiger partial charge in [0.1, 0.15) is 11.5 Å². The molecule has 102 valence electrons. The third-order valence-corrected chi connectivity index (χ3v) is 2.69. The molecule has 0 aromatic heterocycles. The summed E-state index contributed by atoms with van der Waals surface area (Å²) in [6, 6.07) is 3.60. The largest absolute Gasteiger partial charge is 0.497 e. The average Bonchev–Trinajstić information content (AvgIpc) is 2.38. The van der Waals surface area contributed by atoms with Crippen LogP contribution in [0.5, 0.6) is 11.5 Å². The van der Waals surface area contributed by atoms with Gasteiger partial charge in [0, 0.05) is 25.3 Å². The normalized spacial score (nSPS) is 12.3. The lowest BCUT2D eigenvalue weighted by Gasteiger charge is -2.19. The molecule has 0 aliphatic carbocycles. The average molecular weight is 255 g/mol. The number of hydrogen-bond acceptors (Lipinski definition) is 5. The Kier molecular flexibility index (Phi) is 5.91. The lowest BCUT2D eigenvalue weighted by molar-refractivity contribution is 0.157. The second-order valence-corrected chi connectivity index (χ2v) is 3.91. The van der Waals surface area contributed by atoms with E-state index in [2.05, 4.69) is 5.32 Å². The van der Waals surface area contributed by atoms with Crippen LogP contribution in [-0.2, 0) is 11.3 Å². The highest BCUT2D eigenvalue weighted by Crippen LogP contribution is 2.33. The van der Waals surface area contributed by atoms with Crippen LogP contribution in [0.4, 0.5) is 0 Å². The van der Waals surface area contributed by atoms with Gasteiger partial charge >= 0.3 is 0 Å². The van der Waals surface area contributed by atoms with Crippen LogP contribution in [0.15, 0.2) is 12.1 Å². The smallest absolute Gasteiger partial charge is 0.128 e. The summed E-state index contributed by atoms with van der Waals surface area (Å²) in [4.78, 5) is 0. The standard InChI is InChI=1S/C13H21NO4/c1-14-7-11(15)13-9(8-16-2)5-10(17-3)6-12(13)18-4/h5-6,11,14-15H,7-8H2,1-4H3. The van der Waals surface area contributed by atoms with Crippen molar-refractivity contribution >= 4 is 0 Å².